The molecular weight excluding hydrogens is 298 g/mol. The first kappa shape index (κ1) is 13.0. The van der Waals surface area contributed by atoms with Crippen LogP contribution in [0, 0.1) is 0 Å². The number of aromatic nitrogens is 3. The van der Waals surface area contributed by atoms with E-state index in [4.69, 9.17) is 5.73 Å². The molecule has 3 aromatic rings. The van der Waals surface area contributed by atoms with Crippen molar-refractivity contribution in [3.8, 4) is 10.6 Å². The molecule has 6 nitrogen and oxygen atoms in total. The Bertz CT molecular complexity index is 840. The highest BCUT2D eigenvalue weighted by Gasteiger charge is 2.28. The Kier molecular flexibility index (Phi) is 2.93. The van der Waals surface area contributed by atoms with Crippen molar-refractivity contribution in [1.82, 2.24) is 15.2 Å². The van der Waals surface area contributed by atoms with E-state index in [1.165, 1.54) is 0 Å². The van der Waals surface area contributed by atoms with Gasteiger partial charge in [-0.15, -0.1) is 11.3 Å². The smallest absolute Gasteiger partial charge is 0.226 e. The van der Waals surface area contributed by atoms with E-state index in [-0.39, 0.29) is 11.8 Å². The minimum absolute atomic E-state index is 0.0125. The number of hydrogen-bond donors (Lipinski definition) is 3. The maximum atomic E-state index is 12.0. The molecule has 1 atom stereocenters. The van der Waals surface area contributed by atoms with E-state index in [1.807, 2.05) is 18.2 Å². The zero-order chi connectivity index (χ0) is 15.1. The summed E-state index contributed by atoms with van der Waals surface area (Å²) in [6, 6.07) is 9.75. The van der Waals surface area contributed by atoms with Crippen molar-refractivity contribution < 1.29 is 4.79 Å². The molecule has 0 fully saturated rings. The molecule has 4 N–H and O–H groups in total. The Morgan fingerprint density at radius 2 is 2.14 bits per heavy atom. The molecule has 0 saturated heterocycles. The zero-order valence-electron chi connectivity index (χ0n) is 11.5. The van der Waals surface area contributed by atoms with Gasteiger partial charge in [-0.3, -0.25) is 9.89 Å². The van der Waals surface area contributed by atoms with Crippen LogP contribution >= 0.6 is 11.3 Å². The number of nitrogens with two attached hydrogens (primary N) is 1. The van der Waals surface area contributed by atoms with Crippen LogP contribution in [0.5, 0.6) is 0 Å². The fraction of sp³-hybridized carbons (Fsp3) is 0.133. The van der Waals surface area contributed by atoms with Crippen LogP contribution in [-0.4, -0.2) is 21.1 Å². The zero-order valence-corrected chi connectivity index (χ0v) is 12.4. The van der Waals surface area contributed by atoms with E-state index >= 15 is 0 Å². The second-order valence-electron chi connectivity index (χ2n) is 5.15. The van der Waals surface area contributed by atoms with Crippen LogP contribution in [0.15, 0.2) is 36.5 Å². The monoisotopic (exact) mass is 311 g/mol. The quantitative estimate of drug-likeness (QED) is 0.677. The maximum Gasteiger partial charge on any atom is 0.226 e. The number of thiophene rings is 1. The van der Waals surface area contributed by atoms with Gasteiger partial charge in [0.15, 0.2) is 0 Å². The van der Waals surface area contributed by atoms with Crippen LogP contribution in [0.25, 0.3) is 10.6 Å². The summed E-state index contributed by atoms with van der Waals surface area (Å²) in [6.07, 6.45) is 2.15. The number of carbonyl (C=O) groups is 1. The van der Waals surface area contributed by atoms with Gasteiger partial charge in [0, 0.05) is 29.0 Å². The van der Waals surface area contributed by atoms with E-state index in [0.29, 0.717) is 18.1 Å². The van der Waals surface area contributed by atoms with Crippen molar-refractivity contribution in [3.63, 3.8) is 0 Å². The maximum absolute atomic E-state index is 12.0. The van der Waals surface area contributed by atoms with Gasteiger partial charge in [-0.25, -0.2) is 4.98 Å². The van der Waals surface area contributed by atoms with Crippen molar-refractivity contribution >= 4 is 28.9 Å². The molecule has 1 unspecified atom stereocenters. The molecule has 22 heavy (non-hydrogen) atoms. The van der Waals surface area contributed by atoms with E-state index in [0.717, 1.165) is 21.0 Å². The summed E-state index contributed by atoms with van der Waals surface area (Å²) in [4.78, 5) is 18.4. The third-order valence-electron chi connectivity index (χ3n) is 3.71. The van der Waals surface area contributed by atoms with Gasteiger partial charge in [-0.2, -0.15) is 5.10 Å². The molecule has 1 aliphatic heterocycles. The Hall–Kier alpha value is -2.67. The average Bonchev–Trinajstić information content (AvgIpc) is 3.17. The first-order valence-electron chi connectivity index (χ1n) is 6.86. The molecule has 110 valence electrons. The summed E-state index contributed by atoms with van der Waals surface area (Å²) in [6.45, 7) is 0. The summed E-state index contributed by atoms with van der Waals surface area (Å²) in [5.41, 5.74) is 7.69. The Morgan fingerprint density at radius 3 is 2.95 bits per heavy atom. The number of nitrogens with zero attached hydrogens (tertiary/aromatic N) is 2. The third-order valence-corrected chi connectivity index (χ3v) is 4.94. The Balaban J connectivity index is 1.76. The number of fused-ring (bicyclic) bond motifs is 1. The molecule has 4 heterocycles. The highest BCUT2D eigenvalue weighted by atomic mass is 32.1. The number of rotatable bonds is 2. The van der Waals surface area contributed by atoms with E-state index in [1.54, 1.807) is 23.6 Å². The number of nitrogens with one attached hydrogen (secondary N) is 2. The summed E-state index contributed by atoms with van der Waals surface area (Å²) < 4.78 is 0. The largest absolute Gasteiger partial charge is 0.384 e. The van der Waals surface area contributed by atoms with Gasteiger partial charge in [0.25, 0.3) is 0 Å². The molecule has 0 radical (unpaired) electrons. The summed E-state index contributed by atoms with van der Waals surface area (Å²) in [7, 11) is 0. The van der Waals surface area contributed by atoms with Crippen LogP contribution in [0.2, 0.25) is 0 Å². The van der Waals surface area contributed by atoms with Crippen LogP contribution in [0.4, 0.5) is 11.6 Å². The molecule has 7 heteroatoms. The molecule has 1 aliphatic rings. The van der Waals surface area contributed by atoms with Gasteiger partial charge >= 0.3 is 0 Å². The number of carbonyl (C=O) groups excluding carboxylic acids is 1. The lowest BCUT2D eigenvalue weighted by Gasteiger charge is -2.24. The summed E-state index contributed by atoms with van der Waals surface area (Å²) in [5.74, 6) is 0.951. The minimum Gasteiger partial charge on any atom is -0.384 e. The van der Waals surface area contributed by atoms with Crippen molar-refractivity contribution in [3.05, 3.63) is 47.0 Å². The number of H-pyrrole nitrogens is 1. The minimum atomic E-state index is -0.0351. The lowest BCUT2D eigenvalue weighted by molar-refractivity contribution is -0.116. The van der Waals surface area contributed by atoms with E-state index in [9.17, 15) is 4.79 Å². The fourth-order valence-corrected chi connectivity index (χ4v) is 3.78. The highest BCUT2D eigenvalue weighted by molar-refractivity contribution is 7.15. The van der Waals surface area contributed by atoms with Gasteiger partial charge in [0.05, 0.1) is 10.6 Å². The molecule has 0 bridgehead atoms. The van der Waals surface area contributed by atoms with Crippen LogP contribution in [0.1, 0.15) is 22.8 Å². The number of hydrogen-bond acceptors (Lipinski definition) is 5. The SMILES string of the molecule is Nc1ccc2c(n1)NC(=O)CC2c1ccc(-c2ccn[nH]2)s1. The highest BCUT2D eigenvalue weighted by Crippen LogP contribution is 2.41. The topological polar surface area (TPSA) is 96.7 Å². The number of amides is 1. The molecule has 1 amide bonds. The van der Waals surface area contributed by atoms with Gasteiger partial charge in [0.2, 0.25) is 5.91 Å². The predicted molar refractivity (Wildman–Crippen MR) is 85.6 cm³/mol. The standard InChI is InChI=1S/C15H13N5OS/c16-13-4-1-8-9(7-14(21)19-15(8)18-13)11-2-3-12(22-11)10-5-6-17-20-10/h1-6,9H,7H2,(H,17,20)(H3,16,18,19,21). The Labute approximate surface area is 130 Å². The van der Waals surface area contributed by atoms with Crippen LogP contribution < -0.4 is 11.1 Å². The molecule has 4 rings (SSSR count). The fourth-order valence-electron chi connectivity index (χ4n) is 2.68. The number of pyridine rings is 1. The first-order chi connectivity index (χ1) is 10.7. The second-order valence-corrected chi connectivity index (χ2v) is 6.27. The molecular formula is C15H13N5OS. The van der Waals surface area contributed by atoms with E-state index in [2.05, 4.69) is 26.6 Å². The number of nitrogen functional groups attached to an aromatic ring is 1. The molecule has 0 aliphatic carbocycles. The van der Waals surface area contributed by atoms with Gasteiger partial charge < -0.3 is 11.1 Å². The molecule has 0 saturated carbocycles. The number of aromatic amines is 1. The molecule has 0 spiro atoms. The summed E-state index contributed by atoms with van der Waals surface area (Å²) in [5, 5.41) is 9.72. The van der Waals surface area contributed by atoms with Crippen LogP contribution in [0.3, 0.4) is 0 Å². The number of anilines is 2. The van der Waals surface area contributed by atoms with Gasteiger partial charge in [-0.1, -0.05) is 6.07 Å². The first-order valence-corrected chi connectivity index (χ1v) is 7.68. The second kappa shape index (κ2) is 4.96. The normalized spacial score (nSPS) is 17.1. The van der Waals surface area contributed by atoms with Gasteiger partial charge in [0.1, 0.15) is 11.6 Å². The Morgan fingerprint density at radius 1 is 1.23 bits per heavy atom. The van der Waals surface area contributed by atoms with Crippen molar-refractivity contribution in [2.24, 2.45) is 0 Å². The lowest BCUT2D eigenvalue weighted by atomic mass is 9.91. The third kappa shape index (κ3) is 2.15. The van der Waals surface area contributed by atoms with Crippen molar-refractivity contribution in [2.45, 2.75) is 12.3 Å². The van der Waals surface area contributed by atoms with Crippen molar-refractivity contribution in [2.75, 3.05) is 11.1 Å². The van der Waals surface area contributed by atoms with Crippen molar-refractivity contribution in [1.29, 1.82) is 0 Å². The predicted octanol–water partition coefficient (Wildman–Crippen LogP) is 2.59. The lowest BCUT2D eigenvalue weighted by Crippen LogP contribution is -2.24. The summed E-state index contributed by atoms with van der Waals surface area (Å²) >= 11 is 1.66. The average molecular weight is 311 g/mol. The van der Waals surface area contributed by atoms with E-state index < -0.39 is 0 Å². The van der Waals surface area contributed by atoms with Gasteiger partial charge in [-0.05, 0) is 24.3 Å². The van der Waals surface area contributed by atoms with Crippen LogP contribution in [-0.2, 0) is 4.79 Å². The molecule has 0 aromatic carbocycles. The molecule has 3 aromatic heterocycles.